The lowest BCUT2D eigenvalue weighted by atomic mass is 10.9. The molecule has 0 bridgehead atoms. The molecule has 0 aliphatic heterocycles. The molecule has 0 amide bonds. The molecule has 0 rings (SSSR count). The van der Waals surface area contributed by atoms with E-state index in [0.29, 0.717) is 0 Å². The van der Waals surface area contributed by atoms with Crippen molar-refractivity contribution in [3.8, 4) is 0 Å². The van der Waals surface area contributed by atoms with Gasteiger partial charge in [-0.05, 0) is 0 Å². The molecule has 0 aromatic carbocycles. The molecule has 0 spiro atoms. The van der Waals surface area contributed by atoms with Crippen LogP contribution in [0.3, 0.4) is 0 Å². The highest BCUT2D eigenvalue weighted by atomic mass is 28.3. The van der Waals surface area contributed by atoms with Gasteiger partial charge in [0.25, 0.3) is 0 Å². The van der Waals surface area contributed by atoms with Crippen LogP contribution in [0, 0.1) is 0 Å². The Bertz CT molecular complexity index is 155. The molecule has 2 nitrogen and oxygen atoms in total. The maximum absolute atomic E-state index is 5.28. The molecule has 0 N–H and O–H groups in total. The molecule has 0 aliphatic rings. The smallest absolute Gasteiger partial charge is 0.347 e. The fraction of sp³-hybridized carbons (Fsp3) is 0.800. The molecule has 84 valence electrons. The lowest BCUT2D eigenvalue weighted by molar-refractivity contribution is 0.290. The molecular weight excluding hydrogens is 208 g/mol. The first-order chi connectivity index (χ1) is 6.67. The summed E-state index contributed by atoms with van der Waals surface area (Å²) in [5.74, 6) is 0. The van der Waals surface area contributed by atoms with Gasteiger partial charge in [-0.1, -0.05) is 50.3 Å². The standard InChI is InChI=1S/C10H24O2Si2/c1-6-14(7-2,8-3)10-9-13(11-4)12-5/h9-10,13H,6-8H2,1-5H3/b10-9+. The maximum Gasteiger partial charge on any atom is 0.347 e. The van der Waals surface area contributed by atoms with E-state index in [0.717, 1.165) is 0 Å². The molecule has 4 heteroatoms. The van der Waals surface area contributed by atoms with Crippen LogP contribution in [0.2, 0.25) is 18.1 Å². The lowest BCUT2D eigenvalue weighted by Gasteiger charge is -2.24. The summed E-state index contributed by atoms with van der Waals surface area (Å²) in [7, 11) is 0.870. The van der Waals surface area contributed by atoms with Gasteiger partial charge in [0.2, 0.25) is 0 Å². The molecule has 0 aromatic heterocycles. The van der Waals surface area contributed by atoms with Crippen molar-refractivity contribution in [2.75, 3.05) is 14.2 Å². The molecular formula is C10H24O2Si2. The predicted molar refractivity (Wildman–Crippen MR) is 67.5 cm³/mol. The second kappa shape index (κ2) is 7.39. The van der Waals surface area contributed by atoms with Crippen molar-refractivity contribution in [3.63, 3.8) is 0 Å². The van der Waals surface area contributed by atoms with E-state index < -0.39 is 17.4 Å². The van der Waals surface area contributed by atoms with E-state index in [2.05, 4.69) is 32.2 Å². The fourth-order valence-electron chi connectivity index (χ4n) is 1.64. The summed E-state index contributed by atoms with van der Waals surface area (Å²) in [4.78, 5) is 0. The summed E-state index contributed by atoms with van der Waals surface area (Å²) < 4.78 is 10.6. The Hall–Kier alpha value is 0.0938. The third-order valence-corrected chi connectivity index (χ3v) is 10.1. The zero-order valence-electron chi connectivity index (χ0n) is 10.2. The highest BCUT2D eigenvalue weighted by Crippen LogP contribution is 2.21. The van der Waals surface area contributed by atoms with Crippen LogP contribution < -0.4 is 0 Å². The monoisotopic (exact) mass is 232 g/mol. The summed E-state index contributed by atoms with van der Waals surface area (Å²) in [5.41, 5.74) is 4.65. The van der Waals surface area contributed by atoms with Gasteiger partial charge in [0.1, 0.15) is 0 Å². The van der Waals surface area contributed by atoms with Gasteiger partial charge in [-0.15, -0.1) is 0 Å². The zero-order valence-corrected chi connectivity index (χ0v) is 12.3. The van der Waals surface area contributed by atoms with Crippen molar-refractivity contribution in [2.24, 2.45) is 0 Å². The van der Waals surface area contributed by atoms with E-state index in [4.69, 9.17) is 8.85 Å². The van der Waals surface area contributed by atoms with Crippen LogP contribution in [0.15, 0.2) is 11.4 Å². The molecule has 0 aliphatic carbocycles. The van der Waals surface area contributed by atoms with Crippen molar-refractivity contribution >= 4 is 17.4 Å². The minimum atomic E-state index is -1.48. The summed E-state index contributed by atoms with van der Waals surface area (Å²) in [5, 5.41) is 0. The number of rotatable bonds is 7. The van der Waals surface area contributed by atoms with Crippen LogP contribution in [0.4, 0.5) is 0 Å². The molecule has 0 aromatic rings. The predicted octanol–water partition coefficient (Wildman–Crippen LogP) is 2.64. The fourth-order valence-corrected chi connectivity index (χ4v) is 6.61. The molecule has 0 atom stereocenters. The Morgan fingerprint density at radius 2 is 1.43 bits per heavy atom. The SMILES string of the molecule is CC[Si](/C=C/[SiH](OC)OC)(CC)CC. The van der Waals surface area contributed by atoms with Gasteiger partial charge in [0, 0.05) is 14.2 Å². The minimum absolute atomic E-state index is 1.12. The average molecular weight is 232 g/mol. The molecule has 0 saturated carbocycles. The van der Waals surface area contributed by atoms with E-state index in [-0.39, 0.29) is 0 Å². The van der Waals surface area contributed by atoms with E-state index in [1.807, 2.05) is 0 Å². The largest absolute Gasteiger partial charge is 0.397 e. The first-order valence-corrected chi connectivity index (χ1v) is 9.73. The third-order valence-electron chi connectivity index (χ3n) is 3.18. The van der Waals surface area contributed by atoms with Gasteiger partial charge in [-0.2, -0.15) is 0 Å². The summed E-state index contributed by atoms with van der Waals surface area (Å²) >= 11 is 0. The molecule has 0 heterocycles. The zero-order chi connectivity index (χ0) is 11.0. The molecule has 0 unspecified atom stereocenters. The van der Waals surface area contributed by atoms with Crippen molar-refractivity contribution in [1.82, 2.24) is 0 Å². The Morgan fingerprint density at radius 1 is 1.00 bits per heavy atom. The summed E-state index contributed by atoms with van der Waals surface area (Å²) in [6.07, 6.45) is 0. The van der Waals surface area contributed by atoms with Crippen molar-refractivity contribution in [2.45, 2.75) is 38.9 Å². The quantitative estimate of drug-likeness (QED) is 0.628. The Labute approximate surface area is 91.2 Å². The number of hydrogen-bond donors (Lipinski definition) is 0. The summed E-state index contributed by atoms with van der Waals surface area (Å²) in [6, 6.07) is 3.97. The molecule has 0 fully saturated rings. The van der Waals surface area contributed by atoms with E-state index in [9.17, 15) is 0 Å². The molecule has 0 radical (unpaired) electrons. The van der Waals surface area contributed by atoms with Gasteiger partial charge in [0.15, 0.2) is 0 Å². The van der Waals surface area contributed by atoms with Crippen LogP contribution in [0.1, 0.15) is 20.8 Å². The summed E-state index contributed by atoms with van der Waals surface area (Å²) in [6.45, 7) is 6.92. The second-order valence-corrected chi connectivity index (χ2v) is 10.9. The number of hydrogen-bond acceptors (Lipinski definition) is 2. The van der Waals surface area contributed by atoms with Gasteiger partial charge < -0.3 is 8.85 Å². The van der Waals surface area contributed by atoms with Gasteiger partial charge in [-0.25, -0.2) is 0 Å². The Balaban J connectivity index is 4.40. The lowest BCUT2D eigenvalue weighted by Crippen LogP contribution is -2.30. The van der Waals surface area contributed by atoms with Gasteiger partial charge in [0.05, 0.1) is 8.07 Å². The van der Waals surface area contributed by atoms with Gasteiger partial charge in [-0.3, -0.25) is 0 Å². The highest BCUT2D eigenvalue weighted by molar-refractivity contribution is 6.85. The van der Waals surface area contributed by atoms with E-state index >= 15 is 0 Å². The third kappa shape index (κ3) is 4.08. The molecule has 0 saturated heterocycles. The molecule has 14 heavy (non-hydrogen) atoms. The topological polar surface area (TPSA) is 18.5 Å². The Kier molecular flexibility index (Phi) is 7.44. The highest BCUT2D eigenvalue weighted by Gasteiger charge is 2.23. The van der Waals surface area contributed by atoms with Crippen molar-refractivity contribution < 1.29 is 8.85 Å². The van der Waals surface area contributed by atoms with Crippen LogP contribution in [0.25, 0.3) is 0 Å². The normalized spacial score (nSPS) is 13.0. The average Bonchev–Trinajstić information content (AvgIpc) is 2.26. The second-order valence-electron chi connectivity index (χ2n) is 3.62. The van der Waals surface area contributed by atoms with E-state index in [1.165, 1.54) is 18.1 Å². The van der Waals surface area contributed by atoms with E-state index in [1.54, 1.807) is 14.2 Å². The first kappa shape index (κ1) is 14.1. The van der Waals surface area contributed by atoms with Crippen LogP contribution >= 0.6 is 0 Å². The van der Waals surface area contributed by atoms with Crippen LogP contribution in [-0.4, -0.2) is 31.6 Å². The minimum Gasteiger partial charge on any atom is -0.397 e. The van der Waals surface area contributed by atoms with Crippen molar-refractivity contribution in [3.05, 3.63) is 11.4 Å². The van der Waals surface area contributed by atoms with Crippen molar-refractivity contribution in [1.29, 1.82) is 0 Å². The maximum atomic E-state index is 5.28. The Morgan fingerprint density at radius 3 is 1.71 bits per heavy atom. The van der Waals surface area contributed by atoms with Gasteiger partial charge >= 0.3 is 9.28 Å². The van der Waals surface area contributed by atoms with Crippen LogP contribution in [-0.2, 0) is 8.85 Å². The first-order valence-electron chi connectivity index (χ1n) is 5.43. The van der Waals surface area contributed by atoms with Crippen LogP contribution in [0.5, 0.6) is 0 Å².